The number of hydrogen-bond donors (Lipinski definition) is 1. The maximum atomic E-state index is 14.7. The summed E-state index contributed by atoms with van der Waals surface area (Å²) in [6.45, 7) is 0.567. The number of nitriles is 1. The molecule has 5 nitrogen and oxygen atoms in total. The van der Waals surface area contributed by atoms with Crippen LogP contribution in [0, 0.1) is 34.7 Å². The minimum absolute atomic E-state index is 0.0716. The Labute approximate surface area is 206 Å². The number of imidazole rings is 1. The molecule has 3 aromatic carbocycles. The van der Waals surface area contributed by atoms with Crippen molar-refractivity contribution in [3.8, 4) is 17.5 Å². The van der Waals surface area contributed by atoms with Gasteiger partial charge in [-0.1, -0.05) is 37.5 Å². The van der Waals surface area contributed by atoms with E-state index in [-0.39, 0.29) is 22.3 Å². The number of anilines is 1. The van der Waals surface area contributed by atoms with Gasteiger partial charge in [-0.05, 0) is 55.2 Å². The first-order valence-corrected chi connectivity index (χ1v) is 11.9. The van der Waals surface area contributed by atoms with E-state index in [1.165, 1.54) is 24.6 Å². The molecule has 0 saturated heterocycles. The van der Waals surface area contributed by atoms with E-state index >= 15 is 0 Å². The molecule has 1 aliphatic carbocycles. The van der Waals surface area contributed by atoms with Crippen LogP contribution in [0.5, 0.6) is 0 Å². The third-order valence-electron chi connectivity index (χ3n) is 6.74. The molecule has 36 heavy (non-hydrogen) atoms. The van der Waals surface area contributed by atoms with Crippen LogP contribution in [0.4, 0.5) is 18.9 Å². The second-order valence-electron chi connectivity index (χ2n) is 9.09. The van der Waals surface area contributed by atoms with Gasteiger partial charge in [0.05, 0.1) is 28.4 Å². The molecule has 1 fully saturated rings. The quantitative estimate of drug-likeness (QED) is 0.335. The van der Waals surface area contributed by atoms with E-state index in [4.69, 9.17) is 5.26 Å². The highest BCUT2D eigenvalue weighted by atomic mass is 19.2. The Bertz CT molecular complexity index is 1500. The standard InChI is InChI=1S/C28H23F3N4O/c29-21-11-13-24-26(25(21)31)34-27(35(24)16-17-6-2-1-3-7-17)19-8-4-5-9-20(19)28(36)33-23-12-10-18(15-32)14-22(23)30/h4-5,8-14,17H,1-3,6-7,16H2,(H,33,36). The number of halogens is 3. The zero-order chi connectivity index (χ0) is 25.2. The molecule has 4 aromatic rings. The Morgan fingerprint density at radius 3 is 2.56 bits per heavy atom. The van der Waals surface area contributed by atoms with E-state index in [9.17, 15) is 18.0 Å². The topological polar surface area (TPSA) is 70.7 Å². The molecule has 0 radical (unpaired) electrons. The van der Waals surface area contributed by atoms with Gasteiger partial charge in [0.25, 0.3) is 5.91 Å². The number of nitrogens with one attached hydrogen (secondary N) is 1. The second kappa shape index (κ2) is 9.86. The van der Waals surface area contributed by atoms with Crippen molar-refractivity contribution in [3.05, 3.63) is 83.2 Å². The fraction of sp³-hybridized carbons (Fsp3) is 0.250. The zero-order valence-corrected chi connectivity index (χ0v) is 19.4. The molecule has 1 amide bonds. The summed E-state index contributed by atoms with van der Waals surface area (Å²) in [5.74, 6) is -2.63. The molecular weight excluding hydrogens is 465 g/mol. The van der Waals surface area contributed by atoms with Crippen LogP contribution in [0.1, 0.15) is 48.0 Å². The summed E-state index contributed by atoms with van der Waals surface area (Å²) >= 11 is 0. The first kappa shape index (κ1) is 23.6. The molecule has 0 aliphatic heterocycles. The lowest BCUT2D eigenvalue weighted by atomic mass is 9.89. The predicted octanol–water partition coefficient (Wildman–Crippen LogP) is 6.82. The number of fused-ring (bicyclic) bond motifs is 1. The largest absolute Gasteiger partial charge is 0.324 e. The predicted molar refractivity (Wildman–Crippen MR) is 131 cm³/mol. The van der Waals surface area contributed by atoms with Gasteiger partial charge in [0, 0.05) is 12.1 Å². The van der Waals surface area contributed by atoms with Crippen molar-refractivity contribution in [2.75, 3.05) is 5.32 Å². The van der Waals surface area contributed by atoms with Crippen LogP contribution in [0.2, 0.25) is 0 Å². The minimum Gasteiger partial charge on any atom is -0.324 e. The maximum absolute atomic E-state index is 14.7. The third kappa shape index (κ3) is 4.44. The SMILES string of the molecule is N#Cc1ccc(NC(=O)c2ccccc2-c2nc3c(F)c(F)ccc3n2CC2CCCCC2)c(F)c1. The minimum atomic E-state index is -1.03. The van der Waals surface area contributed by atoms with Crippen LogP contribution in [0.3, 0.4) is 0 Å². The monoisotopic (exact) mass is 488 g/mol. The van der Waals surface area contributed by atoms with Crippen molar-refractivity contribution in [1.82, 2.24) is 9.55 Å². The number of nitrogens with zero attached hydrogens (tertiary/aromatic N) is 3. The van der Waals surface area contributed by atoms with Crippen molar-refractivity contribution in [3.63, 3.8) is 0 Å². The van der Waals surface area contributed by atoms with Crippen molar-refractivity contribution >= 4 is 22.6 Å². The number of carbonyl (C=O) groups is 1. The van der Waals surface area contributed by atoms with Crippen LogP contribution in [-0.4, -0.2) is 15.5 Å². The van der Waals surface area contributed by atoms with Crippen LogP contribution >= 0.6 is 0 Å². The summed E-state index contributed by atoms with van der Waals surface area (Å²) in [4.78, 5) is 17.7. The molecule has 182 valence electrons. The fourth-order valence-electron chi connectivity index (χ4n) is 4.90. The van der Waals surface area contributed by atoms with E-state index in [1.807, 2.05) is 10.6 Å². The summed E-state index contributed by atoms with van der Waals surface area (Å²) in [5, 5.41) is 11.5. The smallest absolute Gasteiger partial charge is 0.256 e. The number of carbonyl (C=O) groups excluding carboxylic acids is 1. The van der Waals surface area contributed by atoms with Gasteiger partial charge in [-0.2, -0.15) is 5.26 Å². The molecule has 1 saturated carbocycles. The van der Waals surface area contributed by atoms with E-state index in [0.717, 1.165) is 37.8 Å². The first-order valence-electron chi connectivity index (χ1n) is 11.9. The summed E-state index contributed by atoms with van der Waals surface area (Å²) in [5.41, 5.74) is 1.07. The van der Waals surface area contributed by atoms with Crippen molar-refractivity contribution in [2.24, 2.45) is 5.92 Å². The Hall–Kier alpha value is -4.12. The summed E-state index contributed by atoms with van der Waals surface area (Å²) < 4.78 is 45.1. The Morgan fingerprint density at radius 2 is 1.81 bits per heavy atom. The lowest BCUT2D eigenvalue weighted by molar-refractivity contribution is 0.102. The molecule has 1 N–H and O–H groups in total. The van der Waals surface area contributed by atoms with Gasteiger partial charge < -0.3 is 9.88 Å². The third-order valence-corrected chi connectivity index (χ3v) is 6.74. The average molecular weight is 489 g/mol. The molecule has 1 aliphatic rings. The van der Waals surface area contributed by atoms with Crippen LogP contribution in [-0.2, 0) is 6.54 Å². The lowest BCUT2D eigenvalue weighted by Gasteiger charge is -2.23. The summed E-state index contributed by atoms with van der Waals surface area (Å²) in [6, 6.07) is 14.9. The van der Waals surface area contributed by atoms with Gasteiger partial charge in [-0.3, -0.25) is 4.79 Å². The summed E-state index contributed by atoms with van der Waals surface area (Å²) in [6.07, 6.45) is 5.48. The highest BCUT2D eigenvalue weighted by Gasteiger charge is 2.24. The number of benzene rings is 3. The Kier molecular flexibility index (Phi) is 6.47. The van der Waals surface area contributed by atoms with Gasteiger partial charge in [0.2, 0.25) is 0 Å². The molecule has 1 heterocycles. The second-order valence-corrected chi connectivity index (χ2v) is 9.09. The number of amides is 1. The van der Waals surface area contributed by atoms with Gasteiger partial charge in [0.15, 0.2) is 11.6 Å². The number of aromatic nitrogens is 2. The molecule has 0 atom stereocenters. The Morgan fingerprint density at radius 1 is 1.03 bits per heavy atom. The van der Waals surface area contributed by atoms with E-state index in [2.05, 4.69) is 10.3 Å². The molecule has 0 bridgehead atoms. The molecule has 0 unspecified atom stereocenters. The summed E-state index contributed by atoms with van der Waals surface area (Å²) in [7, 11) is 0. The highest BCUT2D eigenvalue weighted by Crippen LogP contribution is 2.33. The highest BCUT2D eigenvalue weighted by molar-refractivity contribution is 6.08. The number of rotatable bonds is 5. The first-order chi connectivity index (χ1) is 17.5. The van der Waals surface area contributed by atoms with E-state index < -0.39 is 23.4 Å². The molecule has 0 spiro atoms. The van der Waals surface area contributed by atoms with Gasteiger partial charge in [0.1, 0.15) is 17.2 Å². The Balaban J connectivity index is 1.59. The number of hydrogen-bond acceptors (Lipinski definition) is 3. The zero-order valence-electron chi connectivity index (χ0n) is 19.4. The molecule has 1 aromatic heterocycles. The van der Waals surface area contributed by atoms with E-state index in [0.29, 0.717) is 29.4 Å². The van der Waals surface area contributed by atoms with Crippen molar-refractivity contribution < 1.29 is 18.0 Å². The van der Waals surface area contributed by atoms with Crippen LogP contribution in [0.25, 0.3) is 22.4 Å². The van der Waals surface area contributed by atoms with Crippen molar-refractivity contribution in [2.45, 2.75) is 38.6 Å². The van der Waals surface area contributed by atoms with E-state index in [1.54, 1.807) is 24.3 Å². The van der Waals surface area contributed by atoms with Crippen molar-refractivity contribution in [1.29, 1.82) is 5.26 Å². The van der Waals surface area contributed by atoms with Crippen LogP contribution < -0.4 is 5.32 Å². The van der Waals surface area contributed by atoms with Gasteiger partial charge in [-0.25, -0.2) is 18.2 Å². The molecule has 8 heteroatoms. The van der Waals surface area contributed by atoms with Gasteiger partial charge >= 0.3 is 0 Å². The maximum Gasteiger partial charge on any atom is 0.256 e. The van der Waals surface area contributed by atoms with Crippen LogP contribution in [0.15, 0.2) is 54.6 Å². The lowest BCUT2D eigenvalue weighted by Crippen LogP contribution is -2.17. The normalized spacial score (nSPS) is 14.1. The molecule has 5 rings (SSSR count). The van der Waals surface area contributed by atoms with Gasteiger partial charge in [-0.15, -0.1) is 0 Å². The average Bonchev–Trinajstić information content (AvgIpc) is 3.26. The molecular formula is C28H23F3N4O. The fourth-order valence-corrected chi connectivity index (χ4v) is 4.90.